The maximum absolute atomic E-state index is 12.5. The van der Waals surface area contributed by atoms with Crippen molar-refractivity contribution >= 4 is 11.5 Å². The van der Waals surface area contributed by atoms with Gasteiger partial charge in [0, 0.05) is 12.5 Å². The predicted octanol–water partition coefficient (Wildman–Crippen LogP) is 4.09. The molecular weight excluding hydrogens is 274 g/mol. The van der Waals surface area contributed by atoms with E-state index < -0.39 is 0 Å². The number of unbranched alkanes of at least 4 members (excludes halogenated alkanes) is 4. The molecular formula is C19H25NO2. The first-order chi connectivity index (χ1) is 10.7. The zero-order valence-electron chi connectivity index (χ0n) is 13.5. The van der Waals surface area contributed by atoms with Crippen LogP contribution in [0.1, 0.15) is 62.7 Å². The third-order valence-corrected chi connectivity index (χ3v) is 4.20. The van der Waals surface area contributed by atoms with Crippen molar-refractivity contribution in [3.05, 3.63) is 58.5 Å². The maximum atomic E-state index is 12.5. The second kappa shape index (κ2) is 8.06. The lowest BCUT2D eigenvalue weighted by Gasteiger charge is -2.30. The number of carbonyl (C=O) groups is 1. The second-order valence-corrected chi connectivity index (χ2v) is 5.83. The standard InChI is InChI=1S/C19H25NO2/c1-3-4-5-6-7-8-9-13-17-15(2)19(21)16-12-10-11-14-18(16)20(17)22/h8-12,14,20H,3-7,13H2,1-2H3/b9-8+. The first kappa shape index (κ1) is 16.7. The fourth-order valence-electron chi connectivity index (χ4n) is 2.80. The number of Topliss-reactive ketones (excluding diaryl/α,β-unsaturated/α-hetero) is 1. The van der Waals surface area contributed by atoms with Crippen molar-refractivity contribution in [2.24, 2.45) is 0 Å². The van der Waals surface area contributed by atoms with Crippen LogP contribution >= 0.6 is 0 Å². The molecule has 0 spiro atoms. The van der Waals surface area contributed by atoms with E-state index in [1.54, 1.807) is 25.1 Å². The smallest absolute Gasteiger partial charge is 0.200 e. The van der Waals surface area contributed by atoms with E-state index in [2.05, 4.69) is 13.0 Å². The van der Waals surface area contributed by atoms with Gasteiger partial charge in [-0.1, -0.05) is 50.5 Å². The van der Waals surface area contributed by atoms with Crippen LogP contribution in [0.2, 0.25) is 0 Å². The van der Waals surface area contributed by atoms with Crippen molar-refractivity contribution in [1.82, 2.24) is 0 Å². The molecule has 1 heterocycles. The molecule has 0 fully saturated rings. The zero-order chi connectivity index (χ0) is 15.9. The molecule has 118 valence electrons. The van der Waals surface area contributed by atoms with E-state index in [-0.39, 0.29) is 10.8 Å². The van der Waals surface area contributed by atoms with E-state index in [4.69, 9.17) is 0 Å². The molecule has 0 saturated carbocycles. The van der Waals surface area contributed by atoms with Crippen LogP contribution in [0, 0.1) is 5.21 Å². The molecule has 1 atom stereocenters. The molecule has 0 amide bonds. The SMILES string of the molecule is CCCCCC/C=C/CC1=C(C)C(=O)c2ccccc2[NH+]1[O-]. The van der Waals surface area contributed by atoms with Gasteiger partial charge in [-0.15, -0.1) is 0 Å². The van der Waals surface area contributed by atoms with Crippen LogP contribution in [0.25, 0.3) is 0 Å². The highest BCUT2D eigenvalue weighted by atomic mass is 16.5. The van der Waals surface area contributed by atoms with Crippen LogP contribution in [-0.4, -0.2) is 5.78 Å². The lowest BCUT2D eigenvalue weighted by molar-refractivity contribution is -0.733. The topological polar surface area (TPSA) is 44.6 Å². The molecule has 3 heteroatoms. The number of carbonyl (C=O) groups excluding carboxylic acids is 1. The normalized spacial score (nSPS) is 18.1. The highest BCUT2D eigenvalue weighted by Crippen LogP contribution is 2.23. The van der Waals surface area contributed by atoms with Gasteiger partial charge in [-0.2, -0.15) is 0 Å². The number of hydrogen-bond donors (Lipinski definition) is 1. The Labute approximate surface area is 132 Å². The van der Waals surface area contributed by atoms with Gasteiger partial charge in [-0.25, -0.2) is 0 Å². The summed E-state index contributed by atoms with van der Waals surface area (Å²) in [5.41, 5.74) is 2.33. The minimum Gasteiger partial charge on any atom is -0.624 e. The number of hydrogen-bond acceptors (Lipinski definition) is 2. The van der Waals surface area contributed by atoms with E-state index in [1.165, 1.54) is 25.7 Å². The predicted molar refractivity (Wildman–Crippen MR) is 90.0 cm³/mol. The largest absolute Gasteiger partial charge is 0.624 e. The average Bonchev–Trinajstić information content (AvgIpc) is 2.54. The van der Waals surface area contributed by atoms with Gasteiger partial charge in [0.2, 0.25) is 0 Å². The molecule has 22 heavy (non-hydrogen) atoms. The van der Waals surface area contributed by atoms with Crippen molar-refractivity contribution in [2.75, 3.05) is 0 Å². The number of fused-ring (bicyclic) bond motifs is 1. The Bertz CT molecular complexity index is 587. The van der Waals surface area contributed by atoms with Crippen LogP contribution in [0.4, 0.5) is 5.69 Å². The first-order valence-electron chi connectivity index (χ1n) is 8.20. The molecule has 1 aromatic carbocycles. The monoisotopic (exact) mass is 299 g/mol. The lowest BCUT2D eigenvalue weighted by Crippen LogP contribution is -3.01. The van der Waals surface area contributed by atoms with Gasteiger partial charge in [0.15, 0.2) is 5.78 Å². The molecule has 1 unspecified atom stereocenters. The van der Waals surface area contributed by atoms with Gasteiger partial charge in [0.25, 0.3) is 0 Å². The summed E-state index contributed by atoms with van der Waals surface area (Å²) in [5, 5.41) is 12.5. The fourth-order valence-corrected chi connectivity index (χ4v) is 2.80. The van der Waals surface area contributed by atoms with Crippen LogP contribution in [-0.2, 0) is 0 Å². The molecule has 0 aromatic heterocycles. The molecule has 0 saturated heterocycles. The van der Waals surface area contributed by atoms with Crippen molar-refractivity contribution in [3.8, 4) is 0 Å². The van der Waals surface area contributed by atoms with Crippen molar-refractivity contribution in [2.45, 2.75) is 52.4 Å². The molecule has 0 aliphatic carbocycles. The van der Waals surface area contributed by atoms with Crippen LogP contribution in [0.3, 0.4) is 0 Å². The Morgan fingerprint density at radius 3 is 2.68 bits per heavy atom. The van der Waals surface area contributed by atoms with Crippen LogP contribution < -0.4 is 5.06 Å². The minimum absolute atomic E-state index is 0.00309. The van der Waals surface area contributed by atoms with E-state index in [0.717, 1.165) is 6.42 Å². The van der Waals surface area contributed by atoms with Gasteiger partial charge >= 0.3 is 0 Å². The summed E-state index contributed by atoms with van der Waals surface area (Å²) in [6.07, 6.45) is 10.7. The summed E-state index contributed by atoms with van der Waals surface area (Å²) in [7, 11) is 0. The van der Waals surface area contributed by atoms with Gasteiger partial charge in [0.1, 0.15) is 11.4 Å². The third kappa shape index (κ3) is 3.73. The van der Waals surface area contributed by atoms with Crippen molar-refractivity contribution < 1.29 is 9.86 Å². The Morgan fingerprint density at radius 2 is 1.91 bits per heavy atom. The van der Waals surface area contributed by atoms with E-state index >= 15 is 0 Å². The summed E-state index contributed by atoms with van der Waals surface area (Å²) in [4.78, 5) is 12.3. The molecule has 2 rings (SSSR count). The fraction of sp³-hybridized carbons (Fsp3) is 0.421. The van der Waals surface area contributed by atoms with E-state index in [1.807, 2.05) is 12.1 Å². The number of hydroxylamine groups is 1. The third-order valence-electron chi connectivity index (χ3n) is 4.20. The summed E-state index contributed by atoms with van der Waals surface area (Å²) < 4.78 is 0. The molecule has 1 aliphatic rings. The average molecular weight is 299 g/mol. The molecule has 0 bridgehead atoms. The van der Waals surface area contributed by atoms with E-state index in [9.17, 15) is 10.0 Å². The Balaban J connectivity index is 2.00. The van der Waals surface area contributed by atoms with Crippen LogP contribution in [0.15, 0.2) is 47.7 Å². The van der Waals surface area contributed by atoms with Gasteiger partial charge in [0.05, 0.1) is 11.1 Å². The summed E-state index contributed by atoms with van der Waals surface area (Å²) >= 11 is 0. The number of rotatable bonds is 7. The quantitative estimate of drug-likeness (QED) is 0.468. The maximum Gasteiger partial charge on any atom is 0.200 e. The van der Waals surface area contributed by atoms with Gasteiger partial charge in [-0.05, 0) is 25.8 Å². The Morgan fingerprint density at radius 1 is 1.14 bits per heavy atom. The molecule has 1 N–H and O–H groups in total. The molecule has 1 aliphatic heterocycles. The number of para-hydroxylation sites is 1. The number of benzene rings is 1. The first-order valence-corrected chi connectivity index (χ1v) is 8.20. The summed E-state index contributed by atoms with van der Waals surface area (Å²) in [6, 6.07) is 7.10. The van der Waals surface area contributed by atoms with Crippen molar-refractivity contribution in [3.63, 3.8) is 0 Å². The zero-order valence-corrected chi connectivity index (χ0v) is 13.5. The second-order valence-electron chi connectivity index (χ2n) is 5.83. The van der Waals surface area contributed by atoms with Gasteiger partial charge in [-0.3, -0.25) is 4.79 Å². The number of ketones is 1. The van der Waals surface area contributed by atoms with Crippen molar-refractivity contribution in [1.29, 1.82) is 0 Å². The number of allylic oxidation sites excluding steroid dienone is 3. The number of nitrogens with one attached hydrogen (secondary N) is 1. The number of quaternary nitrogens is 1. The highest BCUT2D eigenvalue weighted by Gasteiger charge is 2.28. The molecule has 1 aromatic rings. The Hall–Kier alpha value is -1.71. The molecule has 3 nitrogen and oxygen atoms in total. The minimum atomic E-state index is -0.0125. The van der Waals surface area contributed by atoms with Crippen LogP contribution in [0.5, 0.6) is 0 Å². The summed E-state index contributed by atoms with van der Waals surface area (Å²) in [5.74, 6) is -0.0125. The summed E-state index contributed by atoms with van der Waals surface area (Å²) in [6.45, 7) is 3.97. The van der Waals surface area contributed by atoms with Gasteiger partial charge < -0.3 is 10.3 Å². The van der Waals surface area contributed by atoms with E-state index in [0.29, 0.717) is 28.9 Å². The lowest BCUT2D eigenvalue weighted by atomic mass is 9.95. The molecule has 0 radical (unpaired) electrons. The highest BCUT2D eigenvalue weighted by molar-refractivity contribution is 6.12. The Kier molecular flexibility index (Phi) is 6.10.